The largest absolute Gasteiger partial charge is 0.329 e. The number of unbranched alkanes of at least 4 members (excludes halogenated alkanes) is 8. The fourth-order valence-electron chi connectivity index (χ4n) is 6.15. The lowest BCUT2D eigenvalue weighted by molar-refractivity contribution is -0.141. The second-order valence-electron chi connectivity index (χ2n) is 14.5. The standard InChI is InChI=1S/C39H57ClN4O6S/c1-7-9-11-12-13-14-15-18-23-31(3)51(49,50)43(28-10-8-2)44(33-26-21-17-22-27-33)36(47)39(40,35(46)38(4,5)6)42-30-34(45)41(37(42)48)29-32-24-19-16-20-25-32/h16-17,19-22,24-27,31H,7-15,18,23,28-30H2,1-6H3. The topological polar surface area (TPSA) is 115 Å². The molecule has 0 saturated carbocycles. The molecule has 2 unspecified atom stereocenters. The molecular weight excluding hydrogens is 688 g/mol. The summed E-state index contributed by atoms with van der Waals surface area (Å²) in [6.07, 6.45) is 9.94. The maximum absolute atomic E-state index is 15.2. The van der Waals surface area contributed by atoms with Gasteiger partial charge in [-0.15, -0.1) is 4.41 Å². The average molecular weight is 745 g/mol. The SMILES string of the molecule is CCCCCCCCCCC(C)S(=O)(=O)N(CCCC)N(C(=O)C(Cl)(C(=O)C(C)(C)C)N1CC(=O)N(Cc2ccccc2)C1=O)c1ccccc1. The fraction of sp³-hybridized carbons (Fsp3) is 0.590. The molecule has 51 heavy (non-hydrogen) atoms. The summed E-state index contributed by atoms with van der Waals surface area (Å²) in [5.41, 5.74) is -0.442. The summed E-state index contributed by atoms with van der Waals surface area (Å²) >= 11 is 7.24. The van der Waals surface area contributed by atoms with Crippen LogP contribution in [0.25, 0.3) is 0 Å². The Balaban J connectivity index is 2.06. The summed E-state index contributed by atoms with van der Waals surface area (Å²) in [7, 11) is -4.20. The molecule has 0 bridgehead atoms. The Morgan fingerprint density at radius 3 is 1.90 bits per heavy atom. The minimum absolute atomic E-state index is 0.0646. The number of para-hydroxylation sites is 1. The maximum Gasteiger partial charge on any atom is 0.329 e. The van der Waals surface area contributed by atoms with Crippen molar-refractivity contribution in [2.75, 3.05) is 18.1 Å². The second-order valence-corrected chi connectivity index (χ2v) is 17.3. The van der Waals surface area contributed by atoms with Gasteiger partial charge in [0.1, 0.15) is 6.54 Å². The van der Waals surface area contributed by atoms with Gasteiger partial charge in [0.2, 0.25) is 10.0 Å². The molecule has 1 saturated heterocycles. The lowest BCUT2D eigenvalue weighted by Gasteiger charge is -2.43. The number of benzene rings is 2. The Morgan fingerprint density at radius 2 is 1.35 bits per heavy atom. The van der Waals surface area contributed by atoms with Crippen LogP contribution in [-0.2, 0) is 31.0 Å². The summed E-state index contributed by atoms with van der Waals surface area (Å²) in [4.78, 5) is 56.0. The van der Waals surface area contributed by atoms with E-state index in [2.05, 4.69) is 6.92 Å². The van der Waals surface area contributed by atoms with Crippen molar-refractivity contribution in [3.05, 3.63) is 66.2 Å². The normalized spacial score (nSPS) is 15.7. The van der Waals surface area contributed by atoms with Gasteiger partial charge in [-0.05, 0) is 37.5 Å². The van der Waals surface area contributed by atoms with Crippen molar-refractivity contribution in [3.8, 4) is 0 Å². The van der Waals surface area contributed by atoms with Crippen LogP contribution in [0.1, 0.15) is 118 Å². The van der Waals surface area contributed by atoms with Gasteiger partial charge < -0.3 is 0 Å². The highest BCUT2D eigenvalue weighted by Crippen LogP contribution is 2.39. The lowest BCUT2D eigenvalue weighted by atomic mass is 9.85. The van der Waals surface area contributed by atoms with Crippen LogP contribution in [0.4, 0.5) is 10.5 Å². The fourth-order valence-corrected chi connectivity index (χ4v) is 8.30. The molecule has 1 aliphatic rings. The first-order valence-electron chi connectivity index (χ1n) is 18.4. The number of alkyl halides is 1. The van der Waals surface area contributed by atoms with Gasteiger partial charge in [-0.1, -0.05) is 153 Å². The molecule has 0 aromatic heterocycles. The Labute approximate surface area is 310 Å². The molecule has 12 heteroatoms. The highest BCUT2D eigenvalue weighted by molar-refractivity contribution is 7.89. The Kier molecular flexibility index (Phi) is 15.7. The minimum Gasteiger partial charge on any atom is -0.294 e. The van der Waals surface area contributed by atoms with Crippen LogP contribution in [0.2, 0.25) is 0 Å². The molecule has 2 aromatic carbocycles. The first-order chi connectivity index (χ1) is 24.1. The van der Waals surface area contributed by atoms with Gasteiger partial charge in [-0.3, -0.25) is 24.2 Å². The summed E-state index contributed by atoms with van der Waals surface area (Å²) in [5.74, 6) is -2.62. The summed E-state index contributed by atoms with van der Waals surface area (Å²) in [6.45, 7) is 9.63. The molecule has 1 fully saturated rings. The number of rotatable bonds is 21. The van der Waals surface area contributed by atoms with Gasteiger partial charge in [0, 0.05) is 12.0 Å². The van der Waals surface area contributed by atoms with Crippen LogP contribution in [0.5, 0.6) is 0 Å². The molecule has 10 nitrogen and oxygen atoms in total. The highest BCUT2D eigenvalue weighted by atomic mass is 35.5. The van der Waals surface area contributed by atoms with Gasteiger partial charge in [0.25, 0.3) is 16.8 Å². The Morgan fingerprint density at radius 1 is 0.824 bits per heavy atom. The van der Waals surface area contributed by atoms with Crippen molar-refractivity contribution in [1.29, 1.82) is 0 Å². The van der Waals surface area contributed by atoms with E-state index < -0.39 is 55.9 Å². The number of halogens is 1. The van der Waals surface area contributed by atoms with Crippen molar-refractivity contribution in [1.82, 2.24) is 14.2 Å². The zero-order valence-electron chi connectivity index (χ0n) is 31.3. The van der Waals surface area contributed by atoms with Crippen molar-refractivity contribution >= 4 is 50.9 Å². The summed E-state index contributed by atoms with van der Waals surface area (Å²) < 4.78 is 30.1. The van der Waals surface area contributed by atoms with Crippen LogP contribution >= 0.6 is 11.6 Å². The zero-order valence-corrected chi connectivity index (χ0v) is 32.8. The van der Waals surface area contributed by atoms with Crippen molar-refractivity contribution in [3.63, 3.8) is 0 Å². The molecule has 2 aromatic rings. The van der Waals surface area contributed by atoms with Crippen LogP contribution < -0.4 is 5.01 Å². The molecule has 1 aliphatic heterocycles. The van der Waals surface area contributed by atoms with E-state index in [0.29, 0.717) is 31.2 Å². The highest BCUT2D eigenvalue weighted by Gasteiger charge is 2.61. The Hall–Kier alpha value is -3.28. The number of carbonyl (C=O) groups excluding carboxylic acids is 4. The number of sulfonamides is 1. The van der Waals surface area contributed by atoms with Gasteiger partial charge >= 0.3 is 6.03 Å². The van der Waals surface area contributed by atoms with Crippen LogP contribution in [0, 0.1) is 5.41 Å². The molecular formula is C39H57ClN4O6S. The predicted molar refractivity (Wildman–Crippen MR) is 203 cm³/mol. The number of hydrogen-bond acceptors (Lipinski definition) is 6. The molecule has 1 heterocycles. The van der Waals surface area contributed by atoms with Crippen LogP contribution in [0.15, 0.2) is 60.7 Å². The van der Waals surface area contributed by atoms with Gasteiger partial charge in [0.15, 0.2) is 5.78 Å². The quantitative estimate of drug-likeness (QED) is 0.0317. The van der Waals surface area contributed by atoms with E-state index in [9.17, 15) is 22.8 Å². The number of Topliss-reactive ketones (excluding diaryl/α,β-unsaturated/α-hetero) is 1. The van der Waals surface area contributed by atoms with Crippen molar-refractivity contribution in [2.24, 2.45) is 5.41 Å². The first-order valence-corrected chi connectivity index (χ1v) is 20.3. The lowest BCUT2D eigenvalue weighted by Crippen LogP contribution is -2.67. The number of urea groups is 1. The average Bonchev–Trinajstić information content (AvgIpc) is 3.39. The summed E-state index contributed by atoms with van der Waals surface area (Å²) in [6, 6.07) is 16.1. The van der Waals surface area contributed by atoms with E-state index in [4.69, 9.17) is 11.6 Å². The minimum atomic E-state index is -4.20. The molecule has 0 aliphatic carbocycles. The number of carbonyl (C=O) groups is 4. The molecule has 3 rings (SSSR count). The molecule has 0 spiro atoms. The van der Waals surface area contributed by atoms with E-state index >= 15 is 4.79 Å². The zero-order chi connectivity index (χ0) is 37.8. The van der Waals surface area contributed by atoms with E-state index in [0.717, 1.165) is 38.5 Å². The third-order valence-corrected chi connectivity index (χ3v) is 12.0. The molecule has 0 radical (unpaired) electrons. The number of hydrazine groups is 1. The third kappa shape index (κ3) is 10.4. The second kappa shape index (κ2) is 19.0. The van der Waals surface area contributed by atoms with E-state index in [1.807, 2.05) is 6.92 Å². The smallest absolute Gasteiger partial charge is 0.294 e. The number of imide groups is 1. The van der Waals surface area contributed by atoms with Crippen LogP contribution in [-0.4, -0.2) is 69.6 Å². The third-order valence-electron chi connectivity index (χ3n) is 9.26. The maximum atomic E-state index is 15.2. The number of hydrogen-bond donors (Lipinski definition) is 0. The molecule has 0 N–H and O–H groups in total. The monoisotopic (exact) mass is 744 g/mol. The van der Waals surface area contributed by atoms with Crippen LogP contribution in [0.3, 0.4) is 0 Å². The van der Waals surface area contributed by atoms with Crippen molar-refractivity contribution in [2.45, 2.75) is 129 Å². The first kappa shape index (κ1) is 42.1. The number of ketones is 1. The van der Waals surface area contributed by atoms with Crippen molar-refractivity contribution < 1.29 is 27.6 Å². The number of anilines is 1. The Bertz CT molecular complexity index is 1570. The molecule has 2 atom stereocenters. The predicted octanol–water partition coefficient (Wildman–Crippen LogP) is 8.30. The van der Waals surface area contributed by atoms with E-state index in [-0.39, 0.29) is 18.8 Å². The van der Waals surface area contributed by atoms with E-state index in [1.54, 1.807) is 88.4 Å². The van der Waals surface area contributed by atoms with Gasteiger partial charge in [0.05, 0.1) is 17.5 Å². The van der Waals surface area contributed by atoms with E-state index in [1.165, 1.54) is 25.7 Å². The van der Waals surface area contributed by atoms with Gasteiger partial charge in [-0.2, -0.15) is 0 Å². The van der Waals surface area contributed by atoms with Gasteiger partial charge in [-0.25, -0.2) is 18.2 Å². The number of amides is 4. The molecule has 4 amide bonds. The summed E-state index contributed by atoms with van der Waals surface area (Å²) in [5, 5.41) is 0.0941. The number of nitrogens with zero attached hydrogens (tertiary/aromatic N) is 4. The molecule has 282 valence electrons.